The quantitative estimate of drug-likeness (QED) is 0.815. The summed E-state index contributed by atoms with van der Waals surface area (Å²) in [5.41, 5.74) is 1.73. The molecule has 0 fully saturated rings. The van der Waals surface area contributed by atoms with E-state index in [1.54, 1.807) is 13.0 Å². The van der Waals surface area contributed by atoms with E-state index in [1.807, 2.05) is 26.2 Å². The van der Waals surface area contributed by atoms with Crippen LogP contribution in [-0.2, 0) is 9.53 Å². The molecular formula is C14H18BrNO3S. The van der Waals surface area contributed by atoms with Crippen LogP contribution in [0.3, 0.4) is 0 Å². The number of hydrogen-bond donors (Lipinski definition) is 1. The Kier molecular flexibility index (Phi) is 6.55. The molecule has 0 aliphatic carbocycles. The Bertz CT molecular complexity index is 519. The maximum Gasteiger partial charge on any atom is 0.340 e. The maximum atomic E-state index is 12.0. The number of amides is 1. The molecule has 0 saturated heterocycles. The maximum absolute atomic E-state index is 12.0. The molecule has 0 spiro atoms. The summed E-state index contributed by atoms with van der Waals surface area (Å²) >= 11 is 4.83. The molecule has 1 amide bonds. The molecule has 1 aromatic rings. The first kappa shape index (κ1) is 17.0. The van der Waals surface area contributed by atoms with Gasteiger partial charge in [-0.25, -0.2) is 4.79 Å². The highest BCUT2D eigenvalue weighted by Crippen LogP contribution is 2.29. The number of esters is 1. The van der Waals surface area contributed by atoms with Crippen LogP contribution in [0.25, 0.3) is 0 Å². The van der Waals surface area contributed by atoms with Crippen molar-refractivity contribution < 1.29 is 14.3 Å². The van der Waals surface area contributed by atoms with Gasteiger partial charge in [0.05, 0.1) is 23.1 Å². The summed E-state index contributed by atoms with van der Waals surface area (Å²) in [6, 6.07) is 3.56. The number of halogens is 1. The first-order chi connectivity index (χ1) is 9.40. The summed E-state index contributed by atoms with van der Waals surface area (Å²) in [6.07, 6.45) is 1.86. The molecule has 6 heteroatoms. The standard InChI is InChI=1S/C14H18BrNO3S/c1-5-19-14(18)10-6-8(2)7-11(15)12(10)16-13(17)9(3)20-4/h6-7,9H,5H2,1-4H3,(H,16,17)/t9-/m1/s1. The van der Waals surface area contributed by atoms with Gasteiger partial charge in [0.1, 0.15) is 0 Å². The second-order valence-corrected chi connectivity index (χ2v) is 6.29. The van der Waals surface area contributed by atoms with E-state index in [0.29, 0.717) is 22.3 Å². The smallest absolute Gasteiger partial charge is 0.340 e. The third kappa shape index (κ3) is 4.24. The Balaban J connectivity index is 3.16. The monoisotopic (exact) mass is 359 g/mol. The predicted octanol–water partition coefficient (Wildman–Crippen LogP) is 3.62. The number of aryl methyl sites for hydroxylation is 1. The van der Waals surface area contributed by atoms with Crippen molar-refractivity contribution in [2.24, 2.45) is 0 Å². The van der Waals surface area contributed by atoms with Gasteiger partial charge >= 0.3 is 5.97 Å². The number of anilines is 1. The Morgan fingerprint density at radius 3 is 2.65 bits per heavy atom. The molecule has 1 rings (SSSR count). The van der Waals surface area contributed by atoms with Crippen molar-refractivity contribution in [1.29, 1.82) is 0 Å². The number of hydrogen-bond acceptors (Lipinski definition) is 4. The fourth-order valence-electron chi connectivity index (χ4n) is 1.57. The molecule has 0 bridgehead atoms. The number of carbonyl (C=O) groups excluding carboxylic acids is 2. The van der Waals surface area contributed by atoms with Crippen LogP contribution in [0.5, 0.6) is 0 Å². The summed E-state index contributed by atoms with van der Waals surface area (Å²) < 4.78 is 5.70. The molecule has 20 heavy (non-hydrogen) atoms. The lowest BCUT2D eigenvalue weighted by Crippen LogP contribution is -2.24. The van der Waals surface area contributed by atoms with Gasteiger partial charge in [0, 0.05) is 4.47 Å². The van der Waals surface area contributed by atoms with E-state index in [0.717, 1.165) is 5.56 Å². The van der Waals surface area contributed by atoms with E-state index in [4.69, 9.17) is 4.74 Å². The van der Waals surface area contributed by atoms with Gasteiger partial charge in [-0.3, -0.25) is 4.79 Å². The lowest BCUT2D eigenvalue weighted by atomic mass is 10.1. The van der Waals surface area contributed by atoms with Gasteiger partial charge in [0.25, 0.3) is 0 Å². The van der Waals surface area contributed by atoms with E-state index < -0.39 is 5.97 Å². The number of benzene rings is 1. The SMILES string of the molecule is CCOC(=O)c1cc(C)cc(Br)c1NC(=O)[C@@H](C)SC. The van der Waals surface area contributed by atoms with Crippen molar-refractivity contribution >= 4 is 45.3 Å². The highest BCUT2D eigenvalue weighted by Gasteiger charge is 2.20. The van der Waals surface area contributed by atoms with Crippen LogP contribution in [0.4, 0.5) is 5.69 Å². The molecule has 4 nitrogen and oxygen atoms in total. The molecule has 0 unspecified atom stereocenters. The third-order valence-corrected chi connectivity index (χ3v) is 4.25. The summed E-state index contributed by atoms with van der Waals surface area (Å²) in [7, 11) is 0. The average Bonchev–Trinajstić information content (AvgIpc) is 2.40. The summed E-state index contributed by atoms with van der Waals surface area (Å²) in [4.78, 5) is 24.0. The number of carbonyl (C=O) groups is 2. The van der Waals surface area contributed by atoms with Crippen LogP contribution in [0.15, 0.2) is 16.6 Å². The summed E-state index contributed by atoms with van der Waals surface area (Å²) in [6.45, 7) is 5.73. The van der Waals surface area contributed by atoms with E-state index in [9.17, 15) is 9.59 Å². The summed E-state index contributed by atoms with van der Waals surface area (Å²) in [5.74, 6) is -0.586. The van der Waals surface area contributed by atoms with Gasteiger partial charge < -0.3 is 10.1 Å². The zero-order valence-electron chi connectivity index (χ0n) is 12.0. The lowest BCUT2D eigenvalue weighted by Gasteiger charge is -2.15. The molecule has 110 valence electrons. The predicted molar refractivity (Wildman–Crippen MR) is 86.4 cm³/mol. The lowest BCUT2D eigenvalue weighted by molar-refractivity contribution is -0.115. The highest BCUT2D eigenvalue weighted by atomic mass is 79.9. The molecule has 0 saturated carbocycles. The Hall–Kier alpha value is -1.01. The molecule has 0 radical (unpaired) electrons. The van der Waals surface area contributed by atoms with Crippen molar-refractivity contribution in [3.8, 4) is 0 Å². The molecule has 0 heterocycles. The molecule has 1 aromatic carbocycles. The third-order valence-electron chi connectivity index (χ3n) is 2.70. The molecule has 1 N–H and O–H groups in total. The van der Waals surface area contributed by atoms with Crippen LogP contribution in [-0.4, -0.2) is 30.0 Å². The number of ether oxygens (including phenoxy) is 1. The van der Waals surface area contributed by atoms with Crippen molar-refractivity contribution in [3.63, 3.8) is 0 Å². The Morgan fingerprint density at radius 1 is 1.45 bits per heavy atom. The van der Waals surface area contributed by atoms with E-state index in [-0.39, 0.29) is 11.2 Å². The highest BCUT2D eigenvalue weighted by molar-refractivity contribution is 9.10. The van der Waals surface area contributed by atoms with Crippen LogP contribution < -0.4 is 5.32 Å². The van der Waals surface area contributed by atoms with E-state index in [2.05, 4.69) is 21.2 Å². The van der Waals surface area contributed by atoms with Crippen LogP contribution in [0.1, 0.15) is 29.8 Å². The van der Waals surface area contributed by atoms with Gasteiger partial charge in [-0.15, -0.1) is 0 Å². The first-order valence-electron chi connectivity index (χ1n) is 6.21. The minimum absolute atomic E-state index is 0.146. The minimum Gasteiger partial charge on any atom is -0.462 e. The van der Waals surface area contributed by atoms with Gasteiger partial charge in [-0.1, -0.05) is 0 Å². The van der Waals surface area contributed by atoms with Crippen LogP contribution >= 0.6 is 27.7 Å². The zero-order chi connectivity index (χ0) is 15.3. The molecule has 0 aliphatic heterocycles. The normalized spacial score (nSPS) is 11.8. The van der Waals surface area contributed by atoms with Gasteiger partial charge in [-0.2, -0.15) is 11.8 Å². The van der Waals surface area contributed by atoms with Crippen molar-refractivity contribution in [2.45, 2.75) is 26.0 Å². The van der Waals surface area contributed by atoms with E-state index >= 15 is 0 Å². The van der Waals surface area contributed by atoms with Crippen molar-refractivity contribution in [2.75, 3.05) is 18.2 Å². The van der Waals surface area contributed by atoms with Crippen molar-refractivity contribution in [1.82, 2.24) is 0 Å². The fourth-order valence-corrected chi connectivity index (χ4v) is 2.52. The van der Waals surface area contributed by atoms with Gasteiger partial charge in [0.15, 0.2) is 0 Å². The largest absolute Gasteiger partial charge is 0.462 e. The fraction of sp³-hybridized carbons (Fsp3) is 0.429. The number of rotatable bonds is 5. The topological polar surface area (TPSA) is 55.4 Å². The van der Waals surface area contributed by atoms with E-state index in [1.165, 1.54) is 11.8 Å². The number of thioether (sulfide) groups is 1. The van der Waals surface area contributed by atoms with Gasteiger partial charge in [0.2, 0.25) is 5.91 Å². The molecule has 0 aromatic heterocycles. The second kappa shape index (κ2) is 7.69. The molecule has 0 aliphatic rings. The zero-order valence-corrected chi connectivity index (χ0v) is 14.4. The molecule has 1 atom stereocenters. The summed E-state index contributed by atoms with van der Waals surface area (Å²) in [5, 5.41) is 2.59. The average molecular weight is 360 g/mol. The second-order valence-electron chi connectivity index (χ2n) is 4.26. The first-order valence-corrected chi connectivity index (χ1v) is 8.29. The Labute approximate surface area is 131 Å². The minimum atomic E-state index is -0.441. The van der Waals surface area contributed by atoms with Crippen LogP contribution in [0, 0.1) is 6.92 Å². The van der Waals surface area contributed by atoms with Crippen molar-refractivity contribution in [3.05, 3.63) is 27.7 Å². The Morgan fingerprint density at radius 2 is 2.10 bits per heavy atom. The van der Waals surface area contributed by atoms with Gasteiger partial charge in [-0.05, 0) is 60.7 Å². The molecular weight excluding hydrogens is 342 g/mol. The van der Waals surface area contributed by atoms with Crippen LogP contribution in [0.2, 0.25) is 0 Å². The number of nitrogens with one attached hydrogen (secondary N) is 1.